The summed E-state index contributed by atoms with van der Waals surface area (Å²) < 4.78 is 6.69. The Morgan fingerprint density at radius 1 is 1.15 bits per heavy atom. The van der Waals surface area contributed by atoms with Crippen molar-refractivity contribution in [1.82, 2.24) is 5.43 Å². The number of hydrogen-bond acceptors (Lipinski definition) is 4. The first-order valence-corrected chi connectivity index (χ1v) is 8.88. The van der Waals surface area contributed by atoms with Gasteiger partial charge in [-0.25, -0.2) is 5.43 Å². The van der Waals surface area contributed by atoms with E-state index in [0.717, 1.165) is 21.5 Å². The number of furan rings is 1. The average Bonchev–Trinajstić information content (AvgIpc) is 3.10. The van der Waals surface area contributed by atoms with E-state index in [2.05, 4.69) is 31.8 Å². The van der Waals surface area contributed by atoms with Gasteiger partial charge in [0, 0.05) is 15.7 Å². The summed E-state index contributed by atoms with van der Waals surface area (Å²) in [6.07, 6.45) is 1.48. The van der Waals surface area contributed by atoms with E-state index in [4.69, 9.17) is 4.42 Å². The second kappa shape index (κ2) is 8.49. The molecule has 1 aromatic heterocycles. The number of anilines is 1. The van der Waals surface area contributed by atoms with Gasteiger partial charge in [0.1, 0.15) is 11.5 Å². The number of carbonyl (C=O) groups excluding carboxylic acids is 1. The lowest BCUT2D eigenvalue weighted by atomic mass is 10.2. The van der Waals surface area contributed by atoms with E-state index in [1.807, 2.05) is 61.5 Å². The molecule has 132 valence electrons. The zero-order chi connectivity index (χ0) is 18.4. The van der Waals surface area contributed by atoms with Gasteiger partial charge in [0.05, 0.1) is 12.8 Å². The van der Waals surface area contributed by atoms with Crippen molar-refractivity contribution < 1.29 is 9.21 Å². The Bertz CT molecular complexity index is 917. The van der Waals surface area contributed by atoms with E-state index in [-0.39, 0.29) is 12.5 Å². The predicted octanol–water partition coefficient (Wildman–Crippen LogP) is 4.58. The lowest BCUT2D eigenvalue weighted by Crippen LogP contribution is -2.25. The van der Waals surface area contributed by atoms with Crippen molar-refractivity contribution in [1.29, 1.82) is 0 Å². The van der Waals surface area contributed by atoms with Crippen molar-refractivity contribution >= 4 is 33.7 Å². The molecule has 5 nitrogen and oxygen atoms in total. The Labute approximate surface area is 160 Å². The van der Waals surface area contributed by atoms with Gasteiger partial charge in [-0.1, -0.05) is 45.8 Å². The van der Waals surface area contributed by atoms with Crippen LogP contribution in [0.1, 0.15) is 11.3 Å². The maximum absolute atomic E-state index is 11.8. The molecule has 0 spiro atoms. The summed E-state index contributed by atoms with van der Waals surface area (Å²) in [4.78, 5) is 11.8. The van der Waals surface area contributed by atoms with Crippen molar-refractivity contribution in [3.8, 4) is 11.3 Å². The second-order valence-electron chi connectivity index (χ2n) is 5.73. The summed E-state index contributed by atoms with van der Waals surface area (Å²) in [7, 11) is 0. The van der Waals surface area contributed by atoms with E-state index < -0.39 is 0 Å². The largest absolute Gasteiger partial charge is 0.455 e. The molecule has 0 atom stereocenters. The van der Waals surface area contributed by atoms with E-state index >= 15 is 0 Å². The molecule has 0 aliphatic carbocycles. The fourth-order valence-corrected chi connectivity index (χ4v) is 2.68. The number of carbonyl (C=O) groups is 1. The number of hydrazone groups is 1. The summed E-state index contributed by atoms with van der Waals surface area (Å²) in [5.41, 5.74) is 5.49. The topological polar surface area (TPSA) is 66.6 Å². The highest BCUT2D eigenvalue weighted by Crippen LogP contribution is 2.24. The molecule has 0 saturated carbocycles. The molecule has 26 heavy (non-hydrogen) atoms. The van der Waals surface area contributed by atoms with Gasteiger partial charge in [-0.15, -0.1) is 0 Å². The molecule has 0 bridgehead atoms. The summed E-state index contributed by atoms with van der Waals surface area (Å²) in [6.45, 7) is 2.16. The van der Waals surface area contributed by atoms with Crippen molar-refractivity contribution in [3.63, 3.8) is 0 Å². The molecule has 3 aromatic rings. The highest BCUT2D eigenvalue weighted by Gasteiger charge is 2.04. The highest BCUT2D eigenvalue weighted by molar-refractivity contribution is 9.10. The minimum Gasteiger partial charge on any atom is -0.455 e. The molecule has 0 saturated heterocycles. The first-order valence-electron chi connectivity index (χ1n) is 8.08. The Morgan fingerprint density at radius 2 is 1.96 bits per heavy atom. The monoisotopic (exact) mass is 411 g/mol. The summed E-state index contributed by atoms with van der Waals surface area (Å²) in [5.74, 6) is 1.06. The Kier molecular flexibility index (Phi) is 5.86. The first-order chi connectivity index (χ1) is 12.6. The third-order valence-corrected chi connectivity index (χ3v) is 4.11. The molecule has 0 fully saturated rings. The van der Waals surface area contributed by atoms with Crippen LogP contribution in [0.25, 0.3) is 11.3 Å². The van der Waals surface area contributed by atoms with Crippen LogP contribution in [0.5, 0.6) is 0 Å². The fraction of sp³-hybridized carbons (Fsp3) is 0.100. The van der Waals surface area contributed by atoms with Crippen LogP contribution in [0.15, 0.2) is 74.7 Å². The summed E-state index contributed by atoms with van der Waals surface area (Å²) in [5, 5.41) is 6.96. The van der Waals surface area contributed by atoms with Gasteiger partial charge >= 0.3 is 0 Å². The third-order valence-electron chi connectivity index (χ3n) is 3.62. The lowest BCUT2D eigenvalue weighted by Gasteiger charge is -2.05. The molecule has 0 radical (unpaired) electrons. The van der Waals surface area contributed by atoms with Gasteiger partial charge < -0.3 is 9.73 Å². The molecule has 2 aromatic carbocycles. The molecule has 1 amide bonds. The quantitative estimate of drug-likeness (QED) is 0.460. The number of nitrogens with zero attached hydrogens (tertiary/aromatic N) is 1. The summed E-state index contributed by atoms with van der Waals surface area (Å²) >= 11 is 3.44. The Balaban J connectivity index is 1.50. The average molecular weight is 412 g/mol. The van der Waals surface area contributed by atoms with Gasteiger partial charge in [-0.2, -0.15) is 5.10 Å². The van der Waals surface area contributed by atoms with Gasteiger partial charge in [0.2, 0.25) is 0 Å². The highest BCUT2D eigenvalue weighted by atomic mass is 79.9. The molecule has 3 rings (SSSR count). The fourth-order valence-electron chi connectivity index (χ4n) is 2.28. The maximum Gasteiger partial charge on any atom is 0.259 e. The minimum absolute atomic E-state index is 0.141. The minimum atomic E-state index is -0.236. The van der Waals surface area contributed by atoms with E-state index in [0.29, 0.717) is 5.76 Å². The number of amides is 1. The second-order valence-corrected chi connectivity index (χ2v) is 6.64. The standard InChI is InChI=1S/C20H18BrN3O2/c1-14-5-7-17(8-6-14)22-13-20(25)24-23-12-18-9-10-19(26-18)15-3-2-4-16(21)11-15/h2-12,22H,13H2,1H3,(H,24,25). The lowest BCUT2D eigenvalue weighted by molar-refractivity contribution is -0.119. The van der Waals surface area contributed by atoms with Gasteiger partial charge in [-0.3, -0.25) is 4.79 Å². The van der Waals surface area contributed by atoms with Crippen LogP contribution in [-0.4, -0.2) is 18.7 Å². The zero-order valence-corrected chi connectivity index (χ0v) is 15.8. The van der Waals surface area contributed by atoms with Crippen LogP contribution in [0.4, 0.5) is 5.69 Å². The number of nitrogens with one attached hydrogen (secondary N) is 2. The molecule has 2 N–H and O–H groups in total. The smallest absolute Gasteiger partial charge is 0.259 e. The van der Waals surface area contributed by atoms with E-state index in [1.165, 1.54) is 11.8 Å². The number of aryl methyl sites for hydroxylation is 1. The van der Waals surface area contributed by atoms with Crippen LogP contribution in [0.2, 0.25) is 0 Å². The summed E-state index contributed by atoms with van der Waals surface area (Å²) in [6, 6.07) is 19.3. The Morgan fingerprint density at radius 3 is 2.73 bits per heavy atom. The predicted molar refractivity (Wildman–Crippen MR) is 107 cm³/mol. The van der Waals surface area contributed by atoms with Gasteiger partial charge in [0.15, 0.2) is 0 Å². The van der Waals surface area contributed by atoms with Crippen LogP contribution in [0, 0.1) is 6.92 Å². The van der Waals surface area contributed by atoms with Crippen molar-refractivity contribution in [2.24, 2.45) is 5.10 Å². The number of hydrogen-bond donors (Lipinski definition) is 2. The van der Waals surface area contributed by atoms with Crippen LogP contribution >= 0.6 is 15.9 Å². The zero-order valence-electron chi connectivity index (χ0n) is 14.2. The number of halogens is 1. The molecule has 1 heterocycles. The van der Waals surface area contributed by atoms with Crippen molar-refractivity contribution in [2.45, 2.75) is 6.92 Å². The molecule has 0 aliphatic heterocycles. The number of rotatable bonds is 6. The van der Waals surface area contributed by atoms with E-state index in [9.17, 15) is 4.79 Å². The third kappa shape index (κ3) is 5.07. The molecule has 0 unspecified atom stereocenters. The van der Waals surface area contributed by atoms with Crippen LogP contribution in [0.3, 0.4) is 0 Å². The first kappa shape index (κ1) is 17.9. The van der Waals surface area contributed by atoms with Crippen LogP contribution < -0.4 is 10.7 Å². The van der Waals surface area contributed by atoms with Gasteiger partial charge in [0.25, 0.3) is 5.91 Å². The van der Waals surface area contributed by atoms with Gasteiger partial charge in [-0.05, 0) is 43.3 Å². The van der Waals surface area contributed by atoms with Crippen molar-refractivity contribution in [2.75, 3.05) is 11.9 Å². The van der Waals surface area contributed by atoms with Crippen molar-refractivity contribution in [3.05, 3.63) is 76.5 Å². The molecular weight excluding hydrogens is 394 g/mol. The van der Waals surface area contributed by atoms with E-state index in [1.54, 1.807) is 6.07 Å². The SMILES string of the molecule is Cc1ccc(NCC(=O)NN=Cc2ccc(-c3cccc(Br)c3)o2)cc1. The maximum atomic E-state index is 11.8. The Hall–Kier alpha value is -2.86. The van der Waals surface area contributed by atoms with Crippen LogP contribution in [-0.2, 0) is 4.79 Å². The number of benzene rings is 2. The normalized spacial score (nSPS) is 10.8. The molecule has 0 aliphatic rings. The molecular formula is C20H18BrN3O2. The molecule has 6 heteroatoms.